The predicted molar refractivity (Wildman–Crippen MR) is 87.4 cm³/mol. The van der Waals surface area contributed by atoms with Crippen LogP contribution in [0.4, 0.5) is 4.39 Å². The second-order valence-electron chi connectivity index (χ2n) is 6.47. The van der Waals surface area contributed by atoms with Crippen LogP contribution in [0, 0.1) is 18.7 Å². The van der Waals surface area contributed by atoms with Crippen molar-refractivity contribution in [2.24, 2.45) is 5.92 Å². The Morgan fingerprint density at radius 1 is 1.19 bits per heavy atom. The lowest BCUT2D eigenvalue weighted by molar-refractivity contribution is 0.190. The van der Waals surface area contributed by atoms with Gasteiger partial charge < -0.3 is 5.32 Å². The maximum Gasteiger partial charge on any atom is 0.123 e. The average Bonchev–Trinajstić information content (AvgIpc) is 3.25. The topological polar surface area (TPSA) is 15.3 Å². The first-order valence-electron chi connectivity index (χ1n) is 7.91. The lowest BCUT2D eigenvalue weighted by Crippen LogP contribution is -2.42. The summed E-state index contributed by atoms with van der Waals surface area (Å²) in [6.07, 6.45) is 5.34. The molecule has 1 aliphatic heterocycles. The zero-order chi connectivity index (χ0) is 13.9. The summed E-state index contributed by atoms with van der Waals surface area (Å²) in [5.74, 6) is 0.837. The van der Waals surface area contributed by atoms with Gasteiger partial charge in [0, 0.05) is 12.6 Å². The molecule has 0 atom stereocenters. The fourth-order valence-corrected chi connectivity index (χ4v) is 3.03. The van der Waals surface area contributed by atoms with Gasteiger partial charge in [0.2, 0.25) is 0 Å². The minimum Gasteiger partial charge on any atom is -0.314 e. The number of benzene rings is 1. The van der Waals surface area contributed by atoms with Crippen LogP contribution in [-0.2, 0) is 6.54 Å². The second kappa shape index (κ2) is 7.57. The maximum atomic E-state index is 13.1. The van der Waals surface area contributed by atoms with Crippen molar-refractivity contribution in [3.63, 3.8) is 0 Å². The van der Waals surface area contributed by atoms with Gasteiger partial charge in [-0.05, 0) is 81.4 Å². The highest BCUT2D eigenvalue weighted by atomic mass is 35.5. The Balaban J connectivity index is 0.00000161. The SMILES string of the molecule is Cc1cc(F)ccc1CN1CCC(NCC2CC2)CC1.Cl. The van der Waals surface area contributed by atoms with Crippen LogP contribution in [0.25, 0.3) is 0 Å². The van der Waals surface area contributed by atoms with Gasteiger partial charge in [-0.2, -0.15) is 0 Å². The highest BCUT2D eigenvalue weighted by molar-refractivity contribution is 5.85. The molecule has 1 aliphatic carbocycles. The number of piperidine rings is 1. The maximum absolute atomic E-state index is 13.1. The molecule has 21 heavy (non-hydrogen) atoms. The molecule has 2 fully saturated rings. The zero-order valence-electron chi connectivity index (χ0n) is 12.8. The Morgan fingerprint density at radius 3 is 2.52 bits per heavy atom. The zero-order valence-corrected chi connectivity index (χ0v) is 13.6. The van der Waals surface area contributed by atoms with Crippen LogP contribution in [0.5, 0.6) is 0 Å². The molecular formula is C17H26ClFN2. The van der Waals surface area contributed by atoms with Crippen LogP contribution >= 0.6 is 12.4 Å². The first-order valence-corrected chi connectivity index (χ1v) is 7.91. The third-order valence-corrected chi connectivity index (χ3v) is 4.68. The van der Waals surface area contributed by atoms with E-state index in [1.807, 2.05) is 13.0 Å². The molecular weight excluding hydrogens is 287 g/mol. The Bertz CT molecular complexity index is 454. The molecule has 1 aromatic rings. The Labute approximate surface area is 133 Å². The minimum atomic E-state index is -0.130. The highest BCUT2D eigenvalue weighted by Crippen LogP contribution is 2.28. The molecule has 2 nitrogen and oxygen atoms in total. The van der Waals surface area contributed by atoms with Crippen molar-refractivity contribution in [3.05, 3.63) is 35.1 Å². The fraction of sp³-hybridized carbons (Fsp3) is 0.647. The van der Waals surface area contributed by atoms with Gasteiger partial charge in [-0.1, -0.05) is 6.07 Å². The monoisotopic (exact) mass is 312 g/mol. The number of hydrogen-bond donors (Lipinski definition) is 1. The Hall–Kier alpha value is -0.640. The van der Waals surface area contributed by atoms with Gasteiger partial charge in [0.05, 0.1) is 0 Å². The lowest BCUT2D eigenvalue weighted by Gasteiger charge is -2.32. The Kier molecular flexibility index (Phi) is 6.03. The van der Waals surface area contributed by atoms with Crippen LogP contribution in [0.2, 0.25) is 0 Å². The van der Waals surface area contributed by atoms with E-state index in [-0.39, 0.29) is 18.2 Å². The van der Waals surface area contributed by atoms with E-state index in [1.165, 1.54) is 37.8 Å². The molecule has 0 spiro atoms. The van der Waals surface area contributed by atoms with Crippen molar-refractivity contribution in [1.29, 1.82) is 0 Å². The summed E-state index contributed by atoms with van der Waals surface area (Å²) in [5, 5.41) is 3.71. The van der Waals surface area contributed by atoms with Crippen molar-refractivity contribution in [3.8, 4) is 0 Å². The molecule has 1 N–H and O–H groups in total. The lowest BCUT2D eigenvalue weighted by atomic mass is 10.0. The number of nitrogens with one attached hydrogen (secondary N) is 1. The van der Waals surface area contributed by atoms with Crippen molar-refractivity contribution in [1.82, 2.24) is 10.2 Å². The summed E-state index contributed by atoms with van der Waals surface area (Å²) in [4.78, 5) is 2.50. The van der Waals surface area contributed by atoms with Crippen molar-refractivity contribution >= 4 is 12.4 Å². The number of likely N-dealkylation sites (tertiary alicyclic amines) is 1. The smallest absolute Gasteiger partial charge is 0.123 e. The first kappa shape index (κ1) is 16.7. The Morgan fingerprint density at radius 2 is 1.90 bits per heavy atom. The standard InChI is InChI=1S/C17H25FN2.ClH/c1-13-10-16(18)5-4-15(13)12-20-8-6-17(7-9-20)19-11-14-2-3-14;/h4-5,10,14,17,19H,2-3,6-9,11-12H2,1H3;1H. The van der Waals surface area contributed by atoms with E-state index in [1.54, 1.807) is 12.1 Å². The highest BCUT2D eigenvalue weighted by Gasteiger charge is 2.24. The fourth-order valence-electron chi connectivity index (χ4n) is 3.03. The molecule has 2 aliphatic rings. The largest absolute Gasteiger partial charge is 0.314 e. The molecule has 1 saturated heterocycles. The van der Waals surface area contributed by atoms with E-state index in [0.717, 1.165) is 31.1 Å². The number of aryl methyl sites for hydroxylation is 1. The third-order valence-electron chi connectivity index (χ3n) is 4.68. The summed E-state index contributed by atoms with van der Waals surface area (Å²) in [7, 11) is 0. The molecule has 118 valence electrons. The molecule has 0 amide bonds. The van der Waals surface area contributed by atoms with Gasteiger partial charge in [-0.25, -0.2) is 4.39 Å². The van der Waals surface area contributed by atoms with E-state index >= 15 is 0 Å². The van der Waals surface area contributed by atoms with Crippen LogP contribution in [0.1, 0.15) is 36.8 Å². The molecule has 0 aromatic heterocycles. The van der Waals surface area contributed by atoms with E-state index < -0.39 is 0 Å². The summed E-state index contributed by atoms with van der Waals surface area (Å²) in [6, 6.07) is 5.86. The number of nitrogens with zero attached hydrogens (tertiary/aromatic N) is 1. The molecule has 1 heterocycles. The van der Waals surface area contributed by atoms with Crippen LogP contribution in [-0.4, -0.2) is 30.6 Å². The van der Waals surface area contributed by atoms with Crippen molar-refractivity contribution in [2.45, 2.75) is 45.2 Å². The third kappa shape index (κ3) is 4.94. The van der Waals surface area contributed by atoms with Gasteiger partial charge >= 0.3 is 0 Å². The predicted octanol–water partition coefficient (Wildman–Crippen LogP) is 3.52. The molecule has 0 radical (unpaired) electrons. The molecule has 1 aromatic carbocycles. The number of halogens is 2. The second-order valence-corrected chi connectivity index (χ2v) is 6.47. The van der Waals surface area contributed by atoms with Gasteiger partial charge in [0.15, 0.2) is 0 Å². The summed E-state index contributed by atoms with van der Waals surface area (Å²) in [6.45, 7) is 6.49. The van der Waals surface area contributed by atoms with Crippen molar-refractivity contribution < 1.29 is 4.39 Å². The van der Waals surface area contributed by atoms with Crippen LogP contribution < -0.4 is 5.32 Å². The summed E-state index contributed by atoms with van der Waals surface area (Å²) >= 11 is 0. The van der Waals surface area contributed by atoms with Crippen molar-refractivity contribution in [2.75, 3.05) is 19.6 Å². The van der Waals surface area contributed by atoms with Crippen LogP contribution in [0.3, 0.4) is 0 Å². The van der Waals surface area contributed by atoms with E-state index in [9.17, 15) is 4.39 Å². The van der Waals surface area contributed by atoms with Gasteiger partial charge in [-0.15, -0.1) is 12.4 Å². The van der Waals surface area contributed by atoms with Gasteiger partial charge in [0.1, 0.15) is 5.82 Å². The van der Waals surface area contributed by atoms with Crippen LogP contribution in [0.15, 0.2) is 18.2 Å². The van der Waals surface area contributed by atoms with Gasteiger partial charge in [0.25, 0.3) is 0 Å². The van der Waals surface area contributed by atoms with E-state index in [4.69, 9.17) is 0 Å². The molecule has 0 unspecified atom stereocenters. The summed E-state index contributed by atoms with van der Waals surface area (Å²) in [5.41, 5.74) is 2.33. The molecule has 4 heteroatoms. The molecule has 3 rings (SSSR count). The average molecular weight is 313 g/mol. The number of hydrogen-bond acceptors (Lipinski definition) is 2. The summed E-state index contributed by atoms with van der Waals surface area (Å²) < 4.78 is 13.1. The minimum absolute atomic E-state index is 0. The molecule has 0 bridgehead atoms. The normalized spacial score (nSPS) is 20.3. The first-order chi connectivity index (χ1) is 9.70. The van der Waals surface area contributed by atoms with E-state index in [2.05, 4.69) is 10.2 Å². The quantitative estimate of drug-likeness (QED) is 0.895. The molecule has 1 saturated carbocycles. The van der Waals surface area contributed by atoms with Gasteiger partial charge in [-0.3, -0.25) is 4.90 Å². The van der Waals surface area contributed by atoms with E-state index in [0.29, 0.717) is 6.04 Å². The number of rotatable bonds is 5.